The van der Waals surface area contributed by atoms with Crippen LogP contribution in [0.4, 0.5) is 0 Å². The van der Waals surface area contributed by atoms with Gasteiger partial charge in [0.25, 0.3) is 0 Å². The lowest BCUT2D eigenvalue weighted by Crippen LogP contribution is -2.07. The molecule has 1 fully saturated rings. The quantitative estimate of drug-likeness (QED) is 0.212. The highest BCUT2D eigenvalue weighted by molar-refractivity contribution is 7.14. The molecule has 0 radical (unpaired) electrons. The van der Waals surface area contributed by atoms with Crippen LogP contribution in [0.3, 0.4) is 0 Å². The fourth-order valence-electron chi connectivity index (χ4n) is 4.67. The van der Waals surface area contributed by atoms with Gasteiger partial charge >= 0.3 is 0 Å². The molecule has 0 bridgehead atoms. The summed E-state index contributed by atoms with van der Waals surface area (Å²) in [6.45, 7) is 2.13. The van der Waals surface area contributed by atoms with Gasteiger partial charge in [-0.15, -0.1) is 10.2 Å². The van der Waals surface area contributed by atoms with Crippen LogP contribution in [0, 0.1) is 0 Å². The number of aromatic nitrogens is 4. The molecule has 3 aromatic carbocycles. The Balaban J connectivity index is 1.50. The Hall–Kier alpha value is -2.70. The zero-order valence-electron chi connectivity index (χ0n) is 19.4. The van der Waals surface area contributed by atoms with Crippen molar-refractivity contribution in [2.75, 3.05) is 0 Å². The second-order valence-electron chi connectivity index (χ2n) is 8.88. The van der Waals surface area contributed by atoms with Crippen molar-refractivity contribution >= 4 is 46.1 Å². The Kier molecular flexibility index (Phi) is 6.12. The summed E-state index contributed by atoms with van der Waals surface area (Å²) in [5.74, 6) is 0.769. The Morgan fingerprint density at radius 1 is 0.861 bits per heavy atom. The van der Waals surface area contributed by atoms with Crippen molar-refractivity contribution in [2.24, 2.45) is 0 Å². The van der Waals surface area contributed by atoms with E-state index >= 15 is 0 Å². The predicted octanol–water partition coefficient (Wildman–Crippen LogP) is 8.66. The van der Waals surface area contributed by atoms with Crippen LogP contribution in [-0.4, -0.2) is 19.7 Å². The van der Waals surface area contributed by atoms with E-state index in [1.165, 1.54) is 5.56 Å². The van der Waals surface area contributed by atoms with Crippen molar-refractivity contribution in [2.45, 2.75) is 31.6 Å². The summed E-state index contributed by atoms with van der Waals surface area (Å²) in [4.78, 5) is 5.12. The van der Waals surface area contributed by atoms with Gasteiger partial charge in [-0.2, -0.15) is 0 Å². The summed E-state index contributed by atoms with van der Waals surface area (Å²) in [6.07, 6.45) is 2.86. The van der Waals surface area contributed by atoms with Crippen LogP contribution in [-0.2, 0) is 11.8 Å². The topological polar surface area (TPSA) is 43.6 Å². The van der Waals surface area contributed by atoms with E-state index in [1.807, 2.05) is 60.7 Å². The van der Waals surface area contributed by atoms with Gasteiger partial charge in [0, 0.05) is 26.7 Å². The van der Waals surface area contributed by atoms with Crippen LogP contribution in [0.1, 0.15) is 36.0 Å². The molecule has 0 amide bonds. The second-order valence-corrected chi connectivity index (χ2v) is 11.1. The molecule has 0 N–H and O–H groups in total. The van der Waals surface area contributed by atoms with E-state index in [0.29, 0.717) is 10.0 Å². The van der Waals surface area contributed by atoms with Gasteiger partial charge in [0.05, 0.1) is 10.7 Å². The summed E-state index contributed by atoms with van der Waals surface area (Å²) in [6, 6.07) is 23.6. The highest BCUT2D eigenvalue weighted by Crippen LogP contribution is 2.55. The van der Waals surface area contributed by atoms with Crippen molar-refractivity contribution in [1.29, 1.82) is 0 Å². The Bertz CT molecular complexity index is 1550. The van der Waals surface area contributed by atoms with Gasteiger partial charge in [-0.25, -0.2) is 4.98 Å². The van der Waals surface area contributed by atoms with E-state index in [9.17, 15) is 0 Å². The molecule has 0 unspecified atom stereocenters. The highest BCUT2D eigenvalue weighted by atomic mass is 35.5. The number of nitrogens with zero attached hydrogens (tertiary/aromatic N) is 4. The minimum Gasteiger partial charge on any atom is -0.296 e. The lowest BCUT2D eigenvalue weighted by Gasteiger charge is -2.13. The summed E-state index contributed by atoms with van der Waals surface area (Å²) in [7, 11) is 0. The van der Waals surface area contributed by atoms with Gasteiger partial charge in [0.15, 0.2) is 5.01 Å². The first-order valence-electron chi connectivity index (χ1n) is 11.7. The van der Waals surface area contributed by atoms with Gasteiger partial charge < -0.3 is 0 Å². The average molecular weight is 552 g/mol. The van der Waals surface area contributed by atoms with Gasteiger partial charge in [0.2, 0.25) is 0 Å². The van der Waals surface area contributed by atoms with Gasteiger partial charge in [0.1, 0.15) is 16.5 Å². The first-order valence-corrected chi connectivity index (χ1v) is 13.7. The number of hydrogen-bond acceptors (Lipinski definition) is 4. The van der Waals surface area contributed by atoms with Crippen molar-refractivity contribution in [3.8, 4) is 27.8 Å². The lowest BCUT2D eigenvalue weighted by atomic mass is 9.97. The van der Waals surface area contributed by atoms with Gasteiger partial charge in [-0.1, -0.05) is 77.3 Å². The van der Waals surface area contributed by atoms with E-state index in [0.717, 1.165) is 62.8 Å². The average Bonchev–Trinajstić information content (AvgIpc) is 3.38. The van der Waals surface area contributed by atoms with Crippen molar-refractivity contribution in [3.05, 3.63) is 104 Å². The SMILES string of the molecule is CCc1c(-c2nnc(C3(c4ccc(Cl)cc4)CC3)s2)nc(-c2ccccc2Cl)n1-c1ccc(Cl)cc1. The third-order valence-corrected chi connectivity index (χ3v) is 8.66. The minimum absolute atomic E-state index is 0.0861. The standard InChI is InChI=1S/C28H21Cl3N4S/c1-2-23-24(26-33-34-27(36-26)28(15-16-28)17-7-9-18(29)10-8-17)32-25(21-5-3-4-6-22(21)31)35(23)20-13-11-19(30)12-14-20/h3-14H,2,15-16H2,1H3. The number of rotatable bonds is 6. The Labute approximate surface area is 228 Å². The van der Waals surface area contributed by atoms with Crippen LogP contribution in [0.25, 0.3) is 27.8 Å². The monoisotopic (exact) mass is 550 g/mol. The normalized spacial score (nSPS) is 14.2. The lowest BCUT2D eigenvalue weighted by molar-refractivity contribution is 0.807. The third kappa shape index (κ3) is 4.04. The molecule has 8 heteroatoms. The molecule has 0 saturated heterocycles. The molecule has 2 aromatic heterocycles. The molecule has 0 aliphatic heterocycles. The molecular formula is C28H21Cl3N4S. The Morgan fingerprint density at radius 2 is 1.53 bits per heavy atom. The van der Waals surface area contributed by atoms with Crippen LogP contribution in [0.2, 0.25) is 15.1 Å². The summed E-state index contributed by atoms with van der Waals surface area (Å²) in [5.41, 5.74) is 4.85. The van der Waals surface area contributed by atoms with Crippen LogP contribution in [0.5, 0.6) is 0 Å². The predicted molar refractivity (Wildman–Crippen MR) is 149 cm³/mol. The maximum absolute atomic E-state index is 6.64. The number of halogens is 3. The molecular weight excluding hydrogens is 531 g/mol. The molecule has 4 nitrogen and oxygen atoms in total. The van der Waals surface area contributed by atoms with E-state index in [2.05, 4.69) is 33.8 Å². The number of hydrogen-bond donors (Lipinski definition) is 0. The Morgan fingerprint density at radius 3 is 2.17 bits per heavy atom. The van der Waals surface area contributed by atoms with Crippen LogP contribution < -0.4 is 0 Å². The van der Waals surface area contributed by atoms with Crippen molar-refractivity contribution in [1.82, 2.24) is 19.7 Å². The van der Waals surface area contributed by atoms with E-state index in [1.54, 1.807) is 11.3 Å². The molecule has 1 aliphatic carbocycles. The van der Waals surface area contributed by atoms with Crippen LogP contribution >= 0.6 is 46.1 Å². The largest absolute Gasteiger partial charge is 0.296 e. The first-order chi connectivity index (χ1) is 17.5. The fourth-order valence-corrected chi connectivity index (χ4v) is 6.27. The summed E-state index contributed by atoms with van der Waals surface area (Å²) < 4.78 is 2.15. The van der Waals surface area contributed by atoms with Gasteiger partial charge in [-0.05, 0) is 73.4 Å². The molecule has 6 rings (SSSR count). The van der Waals surface area contributed by atoms with Crippen molar-refractivity contribution < 1.29 is 0 Å². The molecule has 0 atom stereocenters. The molecule has 36 heavy (non-hydrogen) atoms. The molecule has 0 spiro atoms. The van der Waals surface area contributed by atoms with E-state index in [-0.39, 0.29) is 5.41 Å². The maximum Gasteiger partial charge on any atom is 0.168 e. The maximum atomic E-state index is 6.64. The number of imidazole rings is 1. The number of benzene rings is 3. The summed E-state index contributed by atoms with van der Waals surface area (Å²) in [5, 5.41) is 13.2. The van der Waals surface area contributed by atoms with Crippen LogP contribution in [0.15, 0.2) is 72.8 Å². The van der Waals surface area contributed by atoms with E-state index < -0.39 is 0 Å². The second kappa shape index (κ2) is 9.31. The first kappa shape index (κ1) is 23.7. The zero-order chi connectivity index (χ0) is 24.9. The molecule has 2 heterocycles. The summed E-state index contributed by atoms with van der Waals surface area (Å²) >= 11 is 20.6. The molecule has 1 saturated carbocycles. The molecule has 1 aliphatic rings. The minimum atomic E-state index is -0.0861. The highest BCUT2D eigenvalue weighted by Gasteiger charge is 2.49. The van der Waals surface area contributed by atoms with E-state index in [4.69, 9.17) is 39.8 Å². The molecule has 5 aromatic rings. The zero-order valence-corrected chi connectivity index (χ0v) is 22.5. The smallest absolute Gasteiger partial charge is 0.168 e. The third-order valence-electron chi connectivity index (χ3n) is 6.69. The molecule has 180 valence electrons. The fraction of sp³-hybridized carbons (Fsp3) is 0.179. The van der Waals surface area contributed by atoms with Crippen molar-refractivity contribution in [3.63, 3.8) is 0 Å². The van der Waals surface area contributed by atoms with Gasteiger partial charge in [-0.3, -0.25) is 4.57 Å².